The summed E-state index contributed by atoms with van der Waals surface area (Å²) in [6.07, 6.45) is -0.901. The van der Waals surface area contributed by atoms with Gasteiger partial charge in [0.05, 0.1) is 31.1 Å². The average molecular weight is 359 g/mol. The van der Waals surface area contributed by atoms with Crippen LogP contribution in [0.15, 0.2) is 24.3 Å². The number of benzene rings is 1. The monoisotopic (exact) mass is 359 g/mol. The number of likely N-dealkylation sites (tertiary alicyclic amines) is 1. The van der Waals surface area contributed by atoms with E-state index in [-0.39, 0.29) is 25.0 Å². The number of amides is 3. The zero-order valence-electron chi connectivity index (χ0n) is 14.6. The molecule has 8 nitrogen and oxygen atoms in total. The third-order valence-electron chi connectivity index (χ3n) is 5.69. The van der Waals surface area contributed by atoms with Gasteiger partial charge in [-0.3, -0.25) is 24.6 Å². The predicted octanol–water partition coefficient (Wildman–Crippen LogP) is -0.566. The van der Waals surface area contributed by atoms with Gasteiger partial charge in [-0.2, -0.15) is 0 Å². The van der Waals surface area contributed by atoms with Crippen LogP contribution in [0, 0.1) is 11.8 Å². The Balaban J connectivity index is 1.85. The van der Waals surface area contributed by atoms with Gasteiger partial charge in [-0.15, -0.1) is 0 Å². The number of anilines is 1. The van der Waals surface area contributed by atoms with Crippen molar-refractivity contribution in [2.45, 2.75) is 24.6 Å². The molecule has 3 aliphatic rings. The molecule has 3 N–H and O–H groups in total. The van der Waals surface area contributed by atoms with E-state index >= 15 is 0 Å². The van der Waals surface area contributed by atoms with E-state index in [1.807, 2.05) is 0 Å². The van der Waals surface area contributed by atoms with Crippen LogP contribution >= 0.6 is 0 Å². The van der Waals surface area contributed by atoms with Crippen LogP contribution in [-0.4, -0.2) is 60.1 Å². The van der Waals surface area contributed by atoms with Crippen molar-refractivity contribution in [1.82, 2.24) is 10.2 Å². The maximum Gasteiger partial charge on any atom is 0.250 e. The zero-order chi connectivity index (χ0) is 18.6. The molecule has 4 rings (SSSR count). The van der Waals surface area contributed by atoms with Crippen LogP contribution in [0.1, 0.15) is 12.5 Å². The molecule has 3 aliphatic heterocycles. The highest BCUT2D eigenvalue weighted by Gasteiger charge is 2.70. The molecular weight excluding hydrogens is 338 g/mol. The Morgan fingerprint density at radius 1 is 1.27 bits per heavy atom. The van der Waals surface area contributed by atoms with Crippen LogP contribution in [0.3, 0.4) is 0 Å². The van der Waals surface area contributed by atoms with Crippen molar-refractivity contribution >= 4 is 23.4 Å². The lowest BCUT2D eigenvalue weighted by atomic mass is 9.76. The molecule has 0 aromatic heterocycles. The lowest BCUT2D eigenvalue weighted by Gasteiger charge is -2.30. The number of fused-ring (bicyclic) bond motifs is 4. The Morgan fingerprint density at radius 2 is 2.00 bits per heavy atom. The molecule has 2 saturated heterocycles. The molecule has 1 aromatic carbocycles. The first-order valence-corrected chi connectivity index (χ1v) is 8.64. The number of aliphatic hydroxyl groups excluding tert-OH is 1. The van der Waals surface area contributed by atoms with E-state index in [0.717, 1.165) is 4.90 Å². The highest BCUT2D eigenvalue weighted by atomic mass is 16.5. The maximum absolute atomic E-state index is 13.1. The number of nitrogens with one attached hydrogen (secondary N) is 2. The van der Waals surface area contributed by atoms with Crippen LogP contribution in [0.4, 0.5) is 5.69 Å². The van der Waals surface area contributed by atoms with Gasteiger partial charge in [0.25, 0.3) is 0 Å². The van der Waals surface area contributed by atoms with E-state index in [4.69, 9.17) is 4.74 Å². The fraction of sp³-hybridized carbons (Fsp3) is 0.500. The van der Waals surface area contributed by atoms with Crippen molar-refractivity contribution in [2.24, 2.45) is 11.8 Å². The average Bonchev–Trinajstić information content (AvgIpc) is 3.20. The summed E-state index contributed by atoms with van der Waals surface area (Å²) in [6, 6.07) is 6.43. The van der Waals surface area contributed by atoms with Gasteiger partial charge in [0.1, 0.15) is 5.54 Å². The van der Waals surface area contributed by atoms with E-state index in [1.54, 1.807) is 31.2 Å². The largest absolute Gasteiger partial charge is 0.392 e. The first-order chi connectivity index (χ1) is 12.4. The lowest BCUT2D eigenvalue weighted by molar-refractivity contribution is -0.143. The van der Waals surface area contributed by atoms with Gasteiger partial charge in [0.2, 0.25) is 17.7 Å². The standard InChI is InChI=1S/C18H21N3O5/c1-9(22)14-12-13(16(24)21(15(12)23)7-8-26-2)18(20-14)10-5-3-4-6-11(10)19-17(18)25/h3-6,9,12-14,20,22H,7-8H2,1-2H3,(H,19,25)/t9-,12-,13-,14-,18+/m0/s1. The summed E-state index contributed by atoms with van der Waals surface area (Å²) >= 11 is 0. The van der Waals surface area contributed by atoms with E-state index in [1.165, 1.54) is 7.11 Å². The van der Waals surface area contributed by atoms with Crippen LogP contribution in [0.5, 0.6) is 0 Å². The van der Waals surface area contributed by atoms with E-state index in [0.29, 0.717) is 11.3 Å². The zero-order valence-corrected chi connectivity index (χ0v) is 14.6. The molecule has 2 fully saturated rings. The first-order valence-electron chi connectivity index (χ1n) is 8.64. The predicted molar refractivity (Wildman–Crippen MR) is 90.9 cm³/mol. The molecule has 3 amide bonds. The Morgan fingerprint density at radius 3 is 2.69 bits per heavy atom. The summed E-state index contributed by atoms with van der Waals surface area (Å²) in [5.41, 5.74) is -0.0965. The number of hydrogen-bond acceptors (Lipinski definition) is 6. The summed E-state index contributed by atoms with van der Waals surface area (Å²) in [6.45, 7) is 1.91. The number of rotatable bonds is 4. The lowest BCUT2D eigenvalue weighted by Crippen LogP contribution is -2.55. The molecule has 138 valence electrons. The smallest absolute Gasteiger partial charge is 0.250 e. The third kappa shape index (κ3) is 2.03. The van der Waals surface area contributed by atoms with Gasteiger partial charge in [-0.05, 0) is 13.0 Å². The fourth-order valence-electron chi connectivity index (χ4n) is 4.57. The van der Waals surface area contributed by atoms with Crippen molar-refractivity contribution in [3.8, 4) is 0 Å². The minimum Gasteiger partial charge on any atom is -0.392 e. The number of aliphatic hydroxyl groups is 1. The molecule has 1 spiro atoms. The number of methoxy groups -OCH3 is 1. The molecule has 5 atom stereocenters. The number of imide groups is 1. The summed E-state index contributed by atoms with van der Waals surface area (Å²) in [4.78, 5) is 40.2. The molecule has 0 unspecified atom stereocenters. The topological polar surface area (TPSA) is 108 Å². The van der Waals surface area contributed by atoms with E-state index in [2.05, 4.69) is 10.6 Å². The quantitative estimate of drug-likeness (QED) is 0.622. The molecule has 8 heteroatoms. The number of carbonyl (C=O) groups excluding carboxylic acids is 3. The third-order valence-corrected chi connectivity index (χ3v) is 5.69. The Kier molecular flexibility index (Phi) is 3.87. The van der Waals surface area contributed by atoms with Crippen LogP contribution in [0.25, 0.3) is 0 Å². The van der Waals surface area contributed by atoms with Crippen LogP contribution in [0.2, 0.25) is 0 Å². The molecule has 0 saturated carbocycles. The molecule has 0 aliphatic carbocycles. The molecular formula is C18H21N3O5. The van der Waals surface area contributed by atoms with Gasteiger partial charge >= 0.3 is 0 Å². The maximum atomic E-state index is 13.1. The van der Waals surface area contributed by atoms with Crippen molar-refractivity contribution in [2.75, 3.05) is 25.6 Å². The normalized spacial score (nSPS) is 33.6. The van der Waals surface area contributed by atoms with Crippen LogP contribution in [-0.2, 0) is 24.7 Å². The second kappa shape index (κ2) is 5.87. The molecule has 3 heterocycles. The Labute approximate surface area is 150 Å². The Bertz CT molecular complexity index is 795. The Hall–Kier alpha value is -2.29. The number of para-hydroxylation sites is 1. The van der Waals surface area contributed by atoms with Gasteiger partial charge in [0.15, 0.2) is 0 Å². The number of ether oxygens (including phenoxy) is 1. The highest BCUT2D eigenvalue weighted by molar-refractivity contribution is 6.15. The molecule has 0 radical (unpaired) electrons. The second-order valence-electron chi connectivity index (χ2n) is 7.04. The van der Waals surface area contributed by atoms with Crippen molar-refractivity contribution < 1.29 is 24.2 Å². The van der Waals surface area contributed by atoms with Gasteiger partial charge < -0.3 is 15.2 Å². The number of nitrogens with zero attached hydrogens (tertiary/aromatic N) is 1. The number of carbonyl (C=O) groups is 3. The number of hydrogen-bond donors (Lipinski definition) is 3. The molecule has 26 heavy (non-hydrogen) atoms. The van der Waals surface area contributed by atoms with Crippen LogP contribution < -0.4 is 10.6 Å². The van der Waals surface area contributed by atoms with Gasteiger partial charge in [0, 0.05) is 24.4 Å². The van der Waals surface area contributed by atoms with Crippen molar-refractivity contribution in [3.63, 3.8) is 0 Å². The molecule has 1 aromatic rings. The van der Waals surface area contributed by atoms with Crippen molar-refractivity contribution in [3.05, 3.63) is 29.8 Å². The second-order valence-corrected chi connectivity index (χ2v) is 7.04. The fourth-order valence-corrected chi connectivity index (χ4v) is 4.57. The minimum atomic E-state index is -1.35. The van der Waals surface area contributed by atoms with E-state index < -0.39 is 35.4 Å². The van der Waals surface area contributed by atoms with Crippen molar-refractivity contribution in [1.29, 1.82) is 0 Å². The highest BCUT2D eigenvalue weighted by Crippen LogP contribution is 2.53. The van der Waals surface area contributed by atoms with Gasteiger partial charge in [-0.25, -0.2) is 0 Å². The molecule has 0 bridgehead atoms. The summed E-state index contributed by atoms with van der Waals surface area (Å²) in [5, 5.41) is 16.2. The SMILES string of the molecule is COCCN1C(=O)[C@@H]2[C@H]([C@H](C)O)N[C@@]3(C(=O)Nc4ccccc43)[C@@H]2C1=O. The van der Waals surface area contributed by atoms with E-state index in [9.17, 15) is 19.5 Å². The summed E-state index contributed by atoms with van der Waals surface area (Å²) in [7, 11) is 1.49. The van der Waals surface area contributed by atoms with Gasteiger partial charge in [-0.1, -0.05) is 18.2 Å². The summed E-state index contributed by atoms with van der Waals surface area (Å²) in [5.74, 6) is -2.83. The first kappa shape index (κ1) is 17.1. The summed E-state index contributed by atoms with van der Waals surface area (Å²) < 4.78 is 5.00. The minimum absolute atomic E-state index is 0.132.